The third-order valence-electron chi connectivity index (χ3n) is 3.22. The molecule has 22 heavy (non-hydrogen) atoms. The van der Waals surface area contributed by atoms with Crippen LogP contribution in [0, 0.1) is 6.92 Å². The molecule has 0 atom stereocenters. The molecule has 0 saturated carbocycles. The largest absolute Gasteiger partial charge is 0.427 e. The number of rotatable bonds is 3. The van der Waals surface area contributed by atoms with E-state index in [1.165, 1.54) is 17.1 Å². The lowest BCUT2D eigenvalue weighted by molar-refractivity contribution is -0.115. The number of pyridine rings is 1. The van der Waals surface area contributed by atoms with Crippen LogP contribution < -0.4 is 0 Å². The third-order valence-corrected chi connectivity index (χ3v) is 3.22. The normalized spacial score (nSPS) is 14.6. The zero-order valence-electron chi connectivity index (χ0n) is 12.0. The van der Waals surface area contributed by atoms with Gasteiger partial charge >= 0.3 is 5.97 Å². The fourth-order valence-electron chi connectivity index (χ4n) is 2.20. The maximum absolute atomic E-state index is 12.3. The molecule has 7 nitrogen and oxygen atoms in total. The molecule has 112 valence electrons. The summed E-state index contributed by atoms with van der Waals surface area (Å²) in [6, 6.07) is 3.25. The van der Waals surface area contributed by atoms with E-state index in [0.717, 1.165) is 0 Å². The zero-order valence-corrected chi connectivity index (χ0v) is 12.0. The monoisotopic (exact) mass is 298 g/mol. The number of nitrogens with zero attached hydrogens (tertiary/aromatic N) is 4. The number of ether oxygens (including phenoxy) is 1. The molecule has 1 aliphatic rings. The first-order valence-corrected chi connectivity index (χ1v) is 6.93. The van der Waals surface area contributed by atoms with Crippen molar-refractivity contribution in [2.75, 3.05) is 0 Å². The van der Waals surface area contributed by atoms with Crippen LogP contribution in [0.5, 0.6) is 0 Å². The number of carbonyl (C=O) groups excluding carboxylic acids is 2. The van der Waals surface area contributed by atoms with Gasteiger partial charge in [-0.1, -0.05) is 0 Å². The van der Waals surface area contributed by atoms with Gasteiger partial charge in [0.15, 0.2) is 11.6 Å². The number of aromatic nitrogens is 4. The van der Waals surface area contributed by atoms with Gasteiger partial charge in [0.1, 0.15) is 23.5 Å². The van der Waals surface area contributed by atoms with E-state index in [1.54, 1.807) is 25.3 Å². The Morgan fingerprint density at radius 2 is 2.18 bits per heavy atom. The Kier molecular flexibility index (Phi) is 3.78. The molecule has 3 rings (SSSR count). The summed E-state index contributed by atoms with van der Waals surface area (Å²) in [4.78, 5) is 31.9. The van der Waals surface area contributed by atoms with E-state index in [1.807, 2.05) is 0 Å². The molecule has 1 aliphatic carbocycles. The summed E-state index contributed by atoms with van der Waals surface area (Å²) in [7, 11) is 0. The molecule has 2 aromatic heterocycles. The predicted octanol–water partition coefficient (Wildman–Crippen LogP) is 1.76. The molecule has 2 heterocycles. The minimum Gasteiger partial charge on any atom is -0.427 e. The Bertz CT molecular complexity index is 764. The smallest absolute Gasteiger partial charge is 0.347 e. The molecule has 0 unspecified atom stereocenters. The molecule has 0 N–H and O–H groups in total. The number of allylic oxidation sites excluding steroid dienone is 2. The molecular formula is C15H14N4O3. The molecule has 7 heteroatoms. The lowest BCUT2D eigenvalue weighted by Gasteiger charge is -2.13. The van der Waals surface area contributed by atoms with E-state index < -0.39 is 5.97 Å². The highest BCUT2D eigenvalue weighted by Crippen LogP contribution is 2.19. The van der Waals surface area contributed by atoms with Gasteiger partial charge in [-0.25, -0.2) is 19.4 Å². The number of hydrogen-bond acceptors (Lipinski definition) is 6. The first-order valence-electron chi connectivity index (χ1n) is 6.93. The summed E-state index contributed by atoms with van der Waals surface area (Å²) >= 11 is 0. The van der Waals surface area contributed by atoms with Crippen molar-refractivity contribution in [1.82, 2.24) is 19.7 Å². The first-order chi connectivity index (χ1) is 10.6. The molecule has 0 radical (unpaired) electrons. The average Bonchev–Trinajstić information content (AvgIpc) is 2.94. The molecule has 0 aliphatic heterocycles. The van der Waals surface area contributed by atoms with Gasteiger partial charge in [0.2, 0.25) is 0 Å². The van der Waals surface area contributed by atoms with Crippen LogP contribution in [0.25, 0.3) is 5.82 Å². The van der Waals surface area contributed by atoms with Gasteiger partial charge in [-0.15, -0.1) is 0 Å². The molecule has 2 aromatic rings. The first kappa shape index (κ1) is 14.1. The van der Waals surface area contributed by atoms with Crippen molar-refractivity contribution in [3.8, 4) is 5.82 Å². The van der Waals surface area contributed by atoms with Crippen molar-refractivity contribution < 1.29 is 14.3 Å². The fraction of sp³-hybridized carbons (Fsp3) is 0.267. The van der Waals surface area contributed by atoms with Gasteiger partial charge in [0.25, 0.3) is 0 Å². The Labute approximate surface area is 126 Å². The van der Waals surface area contributed by atoms with Crippen molar-refractivity contribution in [3.05, 3.63) is 47.9 Å². The molecule has 0 aromatic carbocycles. The fourth-order valence-corrected chi connectivity index (χ4v) is 2.20. The molecular weight excluding hydrogens is 284 g/mol. The van der Waals surface area contributed by atoms with Crippen molar-refractivity contribution in [1.29, 1.82) is 0 Å². The number of esters is 1. The third kappa shape index (κ3) is 2.93. The van der Waals surface area contributed by atoms with Crippen molar-refractivity contribution in [3.63, 3.8) is 0 Å². The highest BCUT2D eigenvalue weighted by Gasteiger charge is 2.20. The average molecular weight is 298 g/mol. The van der Waals surface area contributed by atoms with E-state index in [2.05, 4.69) is 15.1 Å². The van der Waals surface area contributed by atoms with E-state index in [9.17, 15) is 9.59 Å². The van der Waals surface area contributed by atoms with Crippen LogP contribution in [0.1, 0.15) is 35.4 Å². The Hall–Kier alpha value is -2.83. The van der Waals surface area contributed by atoms with Gasteiger partial charge in [0.05, 0.1) is 0 Å². The van der Waals surface area contributed by atoms with E-state index >= 15 is 0 Å². The van der Waals surface area contributed by atoms with Crippen LogP contribution in [-0.4, -0.2) is 31.5 Å². The van der Waals surface area contributed by atoms with Crippen LogP contribution in [0.2, 0.25) is 0 Å². The summed E-state index contributed by atoms with van der Waals surface area (Å²) in [5, 5.41) is 4.15. The molecule has 0 fully saturated rings. The summed E-state index contributed by atoms with van der Waals surface area (Å²) in [6.45, 7) is 1.75. The minimum absolute atomic E-state index is 0.0210. The van der Waals surface area contributed by atoms with E-state index in [0.29, 0.717) is 36.7 Å². The van der Waals surface area contributed by atoms with E-state index in [4.69, 9.17) is 4.74 Å². The summed E-state index contributed by atoms with van der Waals surface area (Å²) in [6.07, 6.45) is 6.20. The van der Waals surface area contributed by atoms with Gasteiger partial charge in [-0.05, 0) is 25.5 Å². The van der Waals surface area contributed by atoms with Crippen LogP contribution in [-0.2, 0) is 9.53 Å². The van der Waals surface area contributed by atoms with Gasteiger partial charge in [-0.2, -0.15) is 5.10 Å². The van der Waals surface area contributed by atoms with Crippen molar-refractivity contribution >= 4 is 11.8 Å². The maximum atomic E-state index is 12.3. The van der Waals surface area contributed by atoms with Crippen LogP contribution >= 0.6 is 0 Å². The second-order valence-corrected chi connectivity index (χ2v) is 4.93. The Morgan fingerprint density at radius 1 is 1.32 bits per heavy atom. The number of hydrogen-bond donors (Lipinski definition) is 0. The van der Waals surface area contributed by atoms with Gasteiger partial charge in [-0.3, -0.25) is 4.79 Å². The maximum Gasteiger partial charge on any atom is 0.347 e. The molecule has 0 bridgehead atoms. The van der Waals surface area contributed by atoms with Crippen molar-refractivity contribution in [2.45, 2.75) is 26.2 Å². The van der Waals surface area contributed by atoms with Gasteiger partial charge < -0.3 is 4.74 Å². The highest BCUT2D eigenvalue weighted by atomic mass is 16.5. The second kappa shape index (κ2) is 5.88. The van der Waals surface area contributed by atoms with Gasteiger partial charge in [0, 0.05) is 25.1 Å². The van der Waals surface area contributed by atoms with E-state index in [-0.39, 0.29) is 11.3 Å². The summed E-state index contributed by atoms with van der Waals surface area (Å²) in [5.41, 5.74) is 0.270. The summed E-state index contributed by atoms with van der Waals surface area (Å²) < 4.78 is 6.74. The number of carbonyl (C=O) groups is 2. The quantitative estimate of drug-likeness (QED) is 0.802. The lowest BCUT2D eigenvalue weighted by atomic mass is 10.1. The van der Waals surface area contributed by atoms with Crippen LogP contribution in [0.3, 0.4) is 0 Å². The topological polar surface area (TPSA) is 87.0 Å². The van der Waals surface area contributed by atoms with Crippen LogP contribution in [0.4, 0.5) is 0 Å². The molecule has 0 amide bonds. The molecule has 0 spiro atoms. The number of aryl methyl sites for hydroxylation is 1. The molecule has 0 saturated heterocycles. The SMILES string of the molecule is Cc1ncn(-c2ncccc2C(=O)OC2=CC(=O)CCC2)n1. The zero-order chi connectivity index (χ0) is 15.5. The highest BCUT2D eigenvalue weighted by molar-refractivity contribution is 5.95. The number of ketones is 1. The summed E-state index contributed by atoms with van der Waals surface area (Å²) in [5.74, 6) is 0.733. The Balaban J connectivity index is 1.88. The standard InChI is InChI=1S/C15H14N4O3/c1-10-17-9-19(18-10)14-13(6-3-7-16-14)15(21)22-12-5-2-4-11(20)8-12/h3,6-9H,2,4-5H2,1H3. The lowest BCUT2D eigenvalue weighted by Crippen LogP contribution is -2.14. The predicted molar refractivity (Wildman–Crippen MR) is 76.2 cm³/mol. The van der Waals surface area contributed by atoms with Crippen LogP contribution in [0.15, 0.2) is 36.5 Å². The second-order valence-electron chi connectivity index (χ2n) is 4.93. The minimum atomic E-state index is -0.558. The Morgan fingerprint density at radius 3 is 2.91 bits per heavy atom. The van der Waals surface area contributed by atoms with Crippen molar-refractivity contribution in [2.24, 2.45) is 0 Å².